The molecular weight excluding hydrogens is 359 g/mol. The Hall–Kier alpha value is -2.25. The molecule has 0 aliphatic rings. The van der Waals surface area contributed by atoms with Gasteiger partial charge in [0.05, 0.1) is 17.1 Å². The molecule has 1 aromatic heterocycles. The third-order valence-electron chi connectivity index (χ3n) is 3.12. The van der Waals surface area contributed by atoms with Gasteiger partial charge >= 0.3 is 6.68 Å². The third-order valence-corrected chi connectivity index (χ3v) is 3.66. The summed E-state index contributed by atoms with van der Waals surface area (Å²) in [6, 6.07) is 20.5. The van der Waals surface area contributed by atoms with Gasteiger partial charge in [-0.1, -0.05) is 44.2 Å². The molecule has 0 unspecified atom stereocenters. The van der Waals surface area contributed by atoms with E-state index in [-0.39, 0.29) is 0 Å². The quantitative estimate of drug-likeness (QED) is 0.564. The van der Waals surface area contributed by atoms with Crippen LogP contribution in [0.25, 0.3) is 16.9 Å². The van der Waals surface area contributed by atoms with E-state index < -0.39 is 6.68 Å². The SMILES string of the molecule is CC.Cc1cc(-c2ccccc2)n(-c2ccc(SN)cc2)n1.FC(F)F. The van der Waals surface area contributed by atoms with E-state index in [0.717, 1.165) is 27.5 Å². The Kier molecular flexibility index (Phi) is 9.54. The van der Waals surface area contributed by atoms with Crippen molar-refractivity contribution in [2.45, 2.75) is 32.3 Å². The molecule has 3 rings (SSSR count). The summed E-state index contributed by atoms with van der Waals surface area (Å²) in [5, 5.41) is 10.1. The van der Waals surface area contributed by atoms with E-state index in [4.69, 9.17) is 5.14 Å². The first-order valence-corrected chi connectivity index (χ1v) is 8.90. The van der Waals surface area contributed by atoms with Crippen LogP contribution in [0.4, 0.5) is 13.2 Å². The average Bonchev–Trinajstić information content (AvgIpc) is 3.05. The standard InChI is InChI=1S/C16H15N3S.C2H6.CHF3/c1-12-11-16(13-5-3-2-4-6-13)19(18-12)14-7-9-15(20-17)10-8-14;1-2;2-1(3)4/h2-11H,17H2,1H3;1-2H3;1H. The van der Waals surface area contributed by atoms with Crippen LogP contribution in [-0.2, 0) is 0 Å². The summed E-state index contributed by atoms with van der Waals surface area (Å²) in [6.07, 6.45) is 0. The van der Waals surface area contributed by atoms with Crippen LogP contribution in [0, 0.1) is 6.92 Å². The summed E-state index contributed by atoms with van der Waals surface area (Å²) in [4.78, 5) is 1.04. The number of halogens is 3. The van der Waals surface area contributed by atoms with Gasteiger partial charge in [-0.25, -0.2) is 4.68 Å². The van der Waals surface area contributed by atoms with E-state index in [1.54, 1.807) is 0 Å². The second kappa shape index (κ2) is 11.4. The Bertz CT molecular complexity index is 757. The Labute approximate surface area is 156 Å². The van der Waals surface area contributed by atoms with Gasteiger partial charge in [-0.3, -0.25) is 5.14 Å². The minimum Gasteiger partial charge on any atom is -0.274 e. The van der Waals surface area contributed by atoms with Gasteiger partial charge in [0.1, 0.15) is 0 Å². The van der Waals surface area contributed by atoms with Crippen molar-refractivity contribution in [3.05, 3.63) is 66.4 Å². The Morgan fingerprint density at radius 3 is 2.00 bits per heavy atom. The van der Waals surface area contributed by atoms with Gasteiger partial charge < -0.3 is 0 Å². The summed E-state index contributed by atoms with van der Waals surface area (Å²) in [6.45, 7) is 2.34. The lowest BCUT2D eigenvalue weighted by Gasteiger charge is -2.08. The maximum Gasteiger partial charge on any atom is 0.379 e. The zero-order valence-corrected chi connectivity index (χ0v) is 15.7. The average molecular weight is 381 g/mol. The molecule has 2 aromatic carbocycles. The molecule has 0 fully saturated rings. The number of benzene rings is 2. The van der Waals surface area contributed by atoms with Crippen LogP contribution in [-0.4, -0.2) is 16.5 Å². The maximum atomic E-state index is 9.67. The normalized spacial score (nSPS) is 9.85. The van der Waals surface area contributed by atoms with Crippen LogP contribution in [0.3, 0.4) is 0 Å². The number of rotatable bonds is 3. The number of hydrogen-bond donors (Lipinski definition) is 1. The van der Waals surface area contributed by atoms with E-state index in [2.05, 4.69) is 23.3 Å². The minimum atomic E-state index is -3.67. The third kappa shape index (κ3) is 6.57. The molecule has 0 radical (unpaired) electrons. The predicted molar refractivity (Wildman–Crippen MR) is 102 cm³/mol. The fraction of sp³-hybridized carbons (Fsp3) is 0.211. The smallest absolute Gasteiger partial charge is 0.274 e. The van der Waals surface area contributed by atoms with Crippen molar-refractivity contribution >= 4 is 11.9 Å². The fourth-order valence-electron chi connectivity index (χ4n) is 2.18. The number of hydrogen-bond acceptors (Lipinski definition) is 3. The van der Waals surface area contributed by atoms with Crippen molar-refractivity contribution in [1.82, 2.24) is 9.78 Å². The second-order valence-electron chi connectivity index (χ2n) is 4.81. The Morgan fingerprint density at radius 1 is 0.962 bits per heavy atom. The molecular formula is C19H22F3N3S. The van der Waals surface area contributed by atoms with E-state index in [1.807, 2.05) is 67.9 Å². The van der Waals surface area contributed by atoms with Gasteiger partial charge in [0.15, 0.2) is 0 Å². The van der Waals surface area contributed by atoms with E-state index in [0.29, 0.717) is 0 Å². The Morgan fingerprint density at radius 2 is 1.50 bits per heavy atom. The minimum absolute atomic E-state index is 1.00. The lowest BCUT2D eigenvalue weighted by atomic mass is 10.1. The van der Waals surface area contributed by atoms with Gasteiger partial charge in [-0.2, -0.15) is 18.3 Å². The van der Waals surface area contributed by atoms with E-state index >= 15 is 0 Å². The molecule has 0 aliphatic heterocycles. The van der Waals surface area contributed by atoms with Gasteiger partial charge in [-0.05, 0) is 49.2 Å². The highest BCUT2D eigenvalue weighted by Crippen LogP contribution is 2.24. The molecule has 0 aliphatic carbocycles. The molecule has 0 amide bonds. The predicted octanol–water partition coefficient (Wildman–Crippen LogP) is 6.02. The highest BCUT2D eigenvalue weighted by molar-refractivity contribution is 7.97. The van der Waals surface area contributed by atoms with Crippen molar-refractivity contribution < 1.29 is 13.2 Å². The summed E-state index contributed by atoms with van der Waals surface area (Å²) in [7, 11) is 0. The van der Waals surface area contributed by atoms with Gasteiger partial charge in [0, 0.05) is 10.5 Å². The summed E-state index contributed by atoms with van der Waals surface area (Å²) in [5.74, 6) is 0. The Balaban J connectivity index is 0.000000500. The summed E-state index contributed by atoms with van der Waals surface area (Å²) >= 11 is 1.25. The van der Waals surface area contributed by atoms with Gasteiger partial charge in [0.2, 0.25) is 0 Å². The largest absolute Gasteiger partial charge is 0.379 e. The number of alkyl halides is 3. The van der Waals surface area contributed by atoms with Crippen molar-refractivity contribution in [3.63, 3.8) is 0 Å². The fourth-order valence-corrected chi connectivity index (χ4v) is 2.47. The van der Waals surface area contributed by atoms with Crippen molar-refractivity contribution in [1.29, 1.82) is 0 Å². The molecule has 0 bridgehead atoms. The number of aryl methyl sites for hydroxylation is 1. The first-order valence-electron chi connectivity index (χ1n) is 8.02. The van der Waals surface area contributed by atoms with Crippen LogP contribution >= 0.6 is 11.9 Å². The van der Waals surface area contributed by atoms with Crippen LogP contribution < -0.4 is 5.14 Å². The van der Waals surface area contributed by atoms with Gasteiger partial charge in [0.25, 0.3) is 0 Å². The molecule has 2 N–H and O–H groups in total. The lowest BCUT2D eigenvalue weighted by Crippen LogP contribution is -1.99. The monoisotopic (exact) mass is 381 g/mol. The highest BCUT2D eigenvalue weighted by atomic mass is 32.2. The molecule has 1 heterocycles. The van der Waals surface area contributed by atoms with Crippen molar-refractivity contribution in [2.75, 3.05) is 0 Å². The molecule has 0 atom stereocenters. The summed E-state index contributed by atoms with van der Waals surface area (Å²) in [5.41, 5.74) is 4.29. The number of aromatic nitrogens is 2. The molecule has 26 heavy (non-hydrogen) atoms. The maximum absolute atomic E-state index is 9.67. The molecule has 140 valence electrons. The first kappa shape index (κ1) is 21.8. The van der Waals surface area contributed by atoms with Crippen LogP contribution in [0.5, 0.6) is 0 Å². The molecule has 3 aromatic rings. The zero-order valence-electron chi connectivity index (χ0n) is 14.9. The topological polar surface area (TPSA) is 43.8 Å². The molecule has 0 saturated heterocycles. The molecule has 3 nitrogen and oxygen atoms in total. The van der Waals surface area contributed by atoms with Crippen LogP contribution in [0.2, 0.25) is 0 Å². The molecule has 0 saturated carbocycles. The second-order valence-corrected chi connectivity index (χ2v) is 5.52. The first-order chi connectivity index (χ1) is 12.5. The van der Waals surface area contributed by atoms with Crippen LogP contribution in [0.15, 0.2) is 65.6 Å². The summed E-state index contributed by atoms with van der Waals surface area (Å²) < 4.78 is 31.0. The van der Waals surface area contributed by atoms with Gasteiger partial charge in [-0.15, -0.1) is 0 Å². The molecule has 7 heteroatoms. The number of nitrogens with zero attached hydrogens (tertiary/aromatic N) is 2. The molecule has 0 spiro atoms. The van der Waals surface area contributed by atoms with Crippen molar-refractivity contribution in [2.24, 2.45) is 5.14 Å². The van der Waals surface area contributed by atoms with Crippen LogP contribution in [0.1, 0.15) is 19.5 Å². The zero-order chi connectivity index (χ0) is 19.5. The van der Waals surface area contributed by atoms with E-state index in [1.165, 1.54) is 11.9 Å². The lowest BCUT2D eigenvalue weighted by molar-refractivity contribution is 0.00819. The van der Waals surface area contributed by atoms with E-state index in [9.17, 15) is 13.2 Å². The highest BCUT2D eigenvalue weighted by Gasteiger charge is 2.09. The number of nitrogens with two attached hydrogens (primary N) is 1. The van der Waals surface area contributed by atoms with Crippen molar-refractivity contribution in [3.8, 4) is 16.9 Å².